The van der Waals surface area contributed by atoms with Crippen LogP contribution >= 0.6 is 11.3 Å². The normalized spacial score (nSPS) is 12.3. The van der Waals surface area contributed by atoms with E-state index in [1.165, 1.54) is 35.6 Å². The van der Waals surface area contributed by atoms with Gasteiger partial charge in [-0.15, -0.1) is 11.3 Å². The number of alkyl halides is 6. The summed E-state index contributed by atoms with van der Waals surface area (Å²) in [6, 6.07) is 12.9. The Hall–Kier alpha value is -3.27. The molecule has 0 saturated carbocycles. The number of carbonyl (C=O) groups is 1. The predicted octanol–water partition coefficient (Wildman–Crippen LogP) is 7.03. The van der Waals surface area contributed by atoms with E-state index in [4.69, 9.17) is 0 Å². The second-order valence-corrected chi connectivity index (χ2v) is 9.09. The summed E-state index contributed by atoms with van der Waals surface area (Å²) in [6.45, 7) is 1.95. The van der Waals surface area contributed by atoms with Crippen molar-refractivity contribution in [3.8, 4) is 0 Å². The summed E-state index contributed by atoms with van der Waals surface area (Å²) in [5, 5.41) is 2.64. The van der Waals surface area contributed by atoms with Crippen molar-refractivity contribution in [3.63, 3.8) is 0 Å². The first-order valence-corrected chi connectivity index (χ1v) is 10.9. The molecule has 0 aliphatic carbocycles. The maximum absolute atomic E-state index is 13.0. The Bertz CT molecular complexity index is 1330. The van der Waals surface area contributed by atoms with Gasteiger partial charge in [0.15, 0.2) is 0 Å². The fourth-order valence-corrected chi connectivity index (χ4v) is 4.60. The highest BCUT2D eigenvalue weighted by atomic mass is 32.1. The number of carbonyl (C=O) groups excluding carboxylic acids is 1. The first-order valence-electron chi connectivity index (χ1n) is 10.1. The molecule has 4 aromatic rings. The first kappa shape index (κ1) is 23.9. The average molecular weight is 496 g/mol. The number of rotatable bonds is 5. The van der Waals surface area contributed by atoms with E-state index in [2.05, 4.69) is 5.32 Å². The van der Waals surface area contributed by atoms with Crippen LogP contribution in [0.2, 0.25) is 0 Å². The molecule has 2 aromatic carbocycles. The standard InChI is InChI=1S/C24H18F6N2OS/c1-14-9-19-21(34-14)11-20(32(19)13-15-5-7-17(8-6-15)23(25,26)27)22(33)31-12-16-3-2-4-18(10-16)24(28,29)30/h2-11H,12-13H2,1H3,(H,31,33). The molecule has 0 bridgehead atoms. The van der Waals surface area contributed by atoms with Crippen molar-refractivity contribution < 1.29 is 31.1 Å². The Kier molecular flexibility index (Phi) is 6.20. The van der Waals surface area contributed by atoms with Gasteiger partial charge in [-0.05, 0) is 54.4 Å². The molecule has 0 spiro atoms. The molecule has 0 atom stereocenters. The Morgan fingerprint density at radius 3 is 2.21 bits per heavy atom. The minimum Gasteiger partial charge on any atom is -0.347 e. The lowest BCUT2D eigenvalue weighted by molar-refractivity contribution is -0.138. The number of amides is 1. The van der Waals surface area contributed by atoms with E-state index in [1.807, 2.05) is 13.0 Å². The van der Waals surface area contributed by atoms with Crippen molar-refractivity contribution >= 4 is 27.5 Å². The summed E-state index contributed by atoms with van der Waals surface area (Å²) < 4.78 is 80.0. The molecule has 0 aliphatic heterocycles. The molecule has 0 radical (unpaired) electrons. The Labute approximate surface area is 194 Å². The van der Waals surface area contributed by atoms with Crippen molar-refractivity contribution in [1.29, 1.82) is 0 Å². The van der Waals surface area contributed by atoms with Gasteiger partial charge in [0.2, 0.25) is 0 Å². The molecule has 3 nitrogen and oxygen atoms in total. The van der Waals surface area contributed by atoms with Crippen LogP contribution in [0, 0.1) is 6.92 Å². The number of aryl methyl sites for hydroxylation is 1. The maximum atomic E-state index is 13.0. The van der Waals surface area contributed by atoms with Gasteiger partial charge in [0, 0.05) is 18.0 Å². The molecule has 34 heavy (non-hydrogen) atoms. The summed E-state index contributed by atoms with van der Waals surface area (Å²) in [5.41, 5.74) is 0.322. The lowest BCUT2D eigenvalue weighted by atomic mass is 10.1. The van der Waals surface area contributed by atoms with Crippen molar-refractivity contribution in [3.05, 3.63) is 93.5 Å². The third-order valence-corrected chi connectivity index (χ3v) is 6.26. The zero-order valence-corrected chi connectivity index (χ0v) is 18.5. The van der Waals surface area contributed by atoms with E-state index in [-0.39, 0.29) is 18.8 Å². The molecule has 0 fully saturated rings. The van der Waals surface area contributed by atoms with Gasteiger partial charge in [-0.2, -0.15) is 26.3 Å². The van der Waals surface area contributed by atoms with Gasteiger partial charge in [-0.1, -0.05) is 24.3 Å². The van der Waals surface area contributed by atoms with Crippen LogP contribution in [-0.2, 0) is 25.4 Å². The van der Waals surface area contributed by atoms with Crippen LogP contribution < -0.4 is 5.32 Å². The zero-order valence-electron chi connectivity index (χ0n) is 17.7. The van der Waals surface area contributed by atoms with E-state index in [0.717, 1.165) is 39.4 Å². The van der Waals surface area contributed by atoms with E-state index < -0.39 is 29.4 Å². The molecule has 0 unspecified atom stereocenters. The molecule has 10 heteroatoms. The lowest BCUT2D eigenvalue weighted by Crippen LogP contribution is -2.26. The van der Waals surface area contributed by atoms with Gasteiger partial charge >= 0.3 is 12.4 Å². The van der Waals surface area contributed by atoms with Gasteiger partial charge in [0.25, 0.3) is 5.91 Å². The van der Waals surface area contributed by atoms with Gasteiger partial charge in [0.1, 0.15) is 5.69 Å². The monoisotopic (exact) mass is 496 g/mol. The second kappa shape index (κ2) is 8.83. The highest BCUT2D eigenvalue weighted by molar-refractivity contribution is 7.19. The minimum absolute atomic E-state index is 0.110. The quantitative estimate of drug-likeness (QED) is 0.296. The van der Waals surface area contributed by atoms with Crippen LogP contribution in [0.4, 0.5) is 26.3 Å². The number of nitrogens with one attached hydrogen (secondary N) is 1. The van der Waals surface area contributed by atoms with E-state index in [0.29, 0.717) is 11.1 Å². The number of hydrogen-bond acceptors (Lipinski definition) is 2. The van der Waals surface area contributed by atoms with E-state index in [9.17, 15) is 31.1 Å². The summed E-state index contributed by atoms with van der Waals surface area (Å²) in [5.74, 6) is -0.495. The van der Waals surface area contributed by atoms with Crippen LogP contribution in [0.3, 0.4) is 0 Å². The summed E-state index contributed by atoms with van der Waals surface area (Å²) in [7, 11) is 0. The fourth-order valence-electron chi connectivity index (χ4n) is 3.64. The molecule has 2 heterocycles. The molecule has 0 aliphatic rings. The Morgan fingerprint density at radius 1 is 0.882 bits per heavy atom. The number of hydrogen-bond donors (Lipinski definition) is 1. The van der Waals surface area contributed by atoms with E-state index >= 15 is 0 Å². The molecule has 0 saturated heterocycles. The maximum Gasteiger partial charge on any atom is 0.416 e. The van der Waals surface area contributed by atoms with Gasteiger partial charge in [-0.25, -0.2) is 0 Å². The topological polar surface area (TPSA) is 34.0 Å². The highest BCUT2D eigenvalue weighted by Gasteiger charge is 2.31. The number of fused-ring (bicyclic) bond motifs is 1. The minimum atomic E-state index is -4.49. The SMILES string of the molecule is Cc1cc2c(cc(C(=O)NCc3cccc(C(F)(F)F)c3)n2Cc2ccc(C(F)(F)F)cc2)s1. The summed E-state index contributed by atoms with van der Waals surface area (Å²) >= 11 is 1.47. The Balaban J connectivity index is 1.58. The molecule has 1 N–H and O–H groups in total. The summed E-state index contributed by atoms with van der Waals surface area (Å²) in [6.07, 6.45) is -8.93. The average Bonchev–Trinajstić information content (AvgIpc) is 3.28. The van der Waals surface area contributed by atoms with Crippen LogP contribution in [0.15, 0.2) is 60.7 Å². The van der Waals surface area contributed by atoms with E-state index in [1.54, 1.807) is 10.6 Å². The number of halogens is 6. The summed E-state index contributed by atoms with van der Waals surface area (Å²) in [4.78, 5) is 14.0. The number of nitrogens with zero attached hydrogens (tertiary/aromatic N) is 1. The van der Waals surface area contributed by atoms with Crippen LogP contribution in [0.25, 0.3) is 10.2 Å². The smallest absolute Gasteiger partial charge is 0.347 e. The van der Waals surface area contributed by atoms with Gasteiger partial charge < -0.3 is 9.88 Å². The number of aromatic nitrogens is 1. The first-order chi connectivity index (χ1) is 15.9. The molecule has 178 valence electrons. The molecule has 4 rings (SSSR count). The molecular formula is C24H18F6N2OS. The zero-order chi connectivity index (χ0) is 24.7. The largest absolute Gasteiger partial charge is 0.416 e. The number of benzene rings is 2. The predicted molar refractivity (Wildman–Crippen MR) is 118 cm³/mol. The van der Waals surface area contributed by atoms with Crippen LogP contribution in [-0.4, -0.2) is 10.5 Å². The van der Waals surface area contributed by atoms with Gasteiger partial charge in [0.05, 0.1) is 21.3 Å². The second-order valence-electron chi connectivity index (χ2n) is 7.80. The molecule has 1 amide bonds. The lowest BCUT2D eigenvalue weighted by Gasteiger charge is -2.13. The van der Waals surface area contributed by atoms with Crippen molar-refractivity contribution in [1.82, 2.24) is 9.88 Å². The third-order valence-electron chi connectivity index (χ3n) is 5.27. The number of thiophene rings is 1. The highest BCUT2D eigenvalue weighted by Crippen LogP contribution is 2.32. The van der Waals surface area contributed by atoms with Crippen LogP contribution in [0.5, 0.6) is 0 Å². The van der Waals surface area contributed by atoms with Crippen molar-refractivity contribution in [2.75, 3.05) is 0 Å². The van der Waals surface area contributed by atoms with Crippen molar-refractivity contribution in [2.45, 2.75) is 32.4 Å². The third kappa shape index (κ3) is 5.11. The van der Waals surface area contributed by atoms with Crippen molar-refractivity contribution in [2.24, 2.45) is 0 Å². The Morgan fingerprint density at radius 2 is 1.56 bits per heavy atom. The van der Waals surface area contributed by atoms with Gasteiger partial charge in [-0.3, -0.25) is 4.79 Å². The fraction of sp³-hybridized carbons (Fsp3) is 0.208. The van der Waals surface area contributed by atoms with Crippen LogP contribution in [0.1, 0.15) is 37.6 Å². The molecular weight excluding hydrogens is 478 g/mol. The molecule has 2 aromatic heterocycles.